The third-order valence-electron chi connectivity index (χ3n) is 12.6. The summed E-state index contributed by atoms with van der Waals surface area (Å²) in [7, 11) is 0. The Morgan fingerprint density at radius 1 is 0.233 bits per heavy atom. The van der Waals surface area contributed by atoms with Crippen molar-refractivity contribution in [1.82, 2.24) is 0 Å². The maximum atomic E-state index is 9.32. The fourth-order valence-electron chi connectivity index (χ4n) is 9.82. The van der Waals surface area contributed by atoms with Crippen LogP contribution in [0.1, 0.15) is 9.60 Å². The summed E-state index contributed by atoms with van der Waals surface area (Å²) in [5.74, 6) is 0. The molecule has 0 heterocycles. The van der Waals surface area contributed by atoms with Crippen LogP contribution in [0.4, 0.5) is 0 Å². The zero-order valence-corrected chi connectivity index (χ0v) is 32.2. The van der Waals surface area contributed by atoms with Crippen molar-refractivity contribution in [3.05, 3.63) is 218 Å². The Bertz CT molecular complexity index is 4190. The maximum Gasteiger partial charge on any atom is 0.0629 e. The van der Waals surface area contributed by atoms with Crippen molar-refractivity contribution < 1.29 is 9.60 Å². The lowest BCUT2D eigenvalue weighted by molar-refractivity contribution is 1.57. The maximum absolute atomic E-state index is 9.32. The summed E-state index contributed by atoms with van der Waals surface area (Å²) in [6.07, 6.45) is 0. The molecular formula is C60H36. The summed E-state index contributed by atoms with van der Waals surface area (Å²) in [4.78, 5) is 0. The zero-order valence-electron chi connectivity index (χ0n) is 39.2. The fraction of sp³-hybridized carbons (Fsp3) is 0. The summed E-state index contributed by atoms with van der Waals surface area (Å²) in [5, 5.41) is 14.6. The Hall–Kier alpha value is -7.80. The molecule has 0 saturated carbocycles. The average Bonchev–Trinajstić information content (AvgIpc) is 3.37. The first-order chi connectivity index (χ1) is 32.6. The smallest absolute Gasteiger partial charge is 0.0616 e. The van der Waals surface area contributed by atoms with Gasteiger partial charge in [-0.3, -0.25) is 0 Å². The van der Waals surface area contributed by atoms with Crippen LogP contribution in [-0.2, 0) is 0 Å². The number of hydrogen-bond donors (Lipinski definition) is 0. The lowest BCUT2D eigenvalue weighted by Gasteiger charge is -2.16. The van der Waals surface area contributed by atoms with Gasteiger partial charge >= 0.3 is 0 Å². The molecule has 0 amide bonds. The number of hydrogen-bond acceptors (Lipinski definition) is 0. The lowest BCUT2D eigenvalue weighted by atomic mass is 9.88. The van der Waals surface area contributed by atoms with E-state index in [-0.39, 0.29) is 28.4 Å². The third kappa shape index (κ3) is 5.04. The zero-order chi connectivity index (χ0) is 45.4. The molecule has 0 aliphatic rings. The van der Waals surface area contributed by atoms with Crippen LogP contribution < -0.4 is 0 Å². The van der Waals surface area contributed by atoms with Crippen molar-refractivity contribution in [3.63, 3.8) is 0 Å². The van der Waals surface area contributed by atoms with Crippen molar-refractivity contribution >= 4 is 75.4 Å². The van der Waals surface area contributed by atoms with Gasteiger partial charge in [-0.15, -0.1) is 0 Å². The molecule has 0 saturated heterocycles. The van der Waals surface area contributed by atoms with Gasteiger partial charge in [-0.05, 0) is 155 Å². The molecule has 60 heavy (non-hydrogen) atoms. The minimum atomic E-state index is -0.475. The second-order valence-corrected chi connectivity index (χ2v) is 15.9. The Kier molecular flexibility index (Phi) is 5.78. The molecule has 0 radical (unpaired) electrons. The van der Waals surface area contributed by atoms with E-state index >= 15 is 0 Å². The van der Waals surface area contributed by atoms with Crippen LogP contribution in [0.25, 0.3) is 131 Å². The molecule has 0 aliphatic carbocycles. The summed E-state index contributed by atoms with van der Waals surface area (Å²) in [6.45, 7) is 0. The van der Waals surface area contributed by atoms with Gasteiger partial charge in [0.1, 0.15) is 0 Å². The fourth-order valence-corrected chi connectivity index (χ4v) is 9.82. The minimum Gasteiger partial charge on any atom is -0.0616 e. The van der Waals surface area contributed by atoms with Crippen LogP contribution in [0.2, 0.25) is 0 Å². The second kappa shape index (κ2) is 12.9. The van der Waals surface area contributed by atoms with Gasteiger partial charge in [0.15, 0.2) is 0 Å². The molecule has 13 aromatic rings. The molecular weight excluding hydrogens is 721 g/mol. The number of rotatable bonds is 5. The van der Waals surface area contributed by atoms with Gasteiger partial charge in [0.25, 0.3) is 0 Å². The molecule has 0 atom stereocenters. The van der Waals surface area contributed by atoms with Crippen molar-refractivity contribution in [2.75, 3.05) is 0 Å². The second-order valence-electron chi connectivity index (χ2n) is 15.9. The largest absolute Gasteiger partial charge is 0.0629 e. The van der Waals surface area contributed by atoms with Crippen LogP contribution >= 0.6 is 0 Å². The molecule has 13 aromatic carbocycles. The molecule has 13 rings (SSSR count). The van der Waals surface area contributed by atoms with Gasteiger partial charge in [-0.1, -0.05) is 194 Å². The van der Waals surface area contributed by atoms with Crippen LogP contribution in [0.3, 0.4) is 0 Å². The highest BCUT2D eigenvalue weighted by Gasteiger charge is 2.16. The van der Waals surface area contributed by atoms with Gasteiger partial charge in [-0.2, -0.15) is 0 Å². The minimum absolute atomic E-state index is 0.0619. The Morgan fingerprint density at radius 3 is 1.33 bits per heavy atom. The van der Waals surface area contributed by atoms with Crippen LogP contribution in [0.5, 0.6) is 0 Å². The van der Waals surface area contributed by atoms with Crippen LogP contribution in [0.15, 0.2) is 218 Å². The molecule has 0 aromatic heterocycles. The van der Waals surface area contributed by atoms with Crippen molar-refractivity contribution in [3.8, 4) is 55.6 Å². The normalized spacial score (nSPS) is 13.6. The van der Waals surface area contributed by atoms with E-state index in [0.29, 0.717) is 5.56 Å². The standard InChI is InChI=1S/C60H36/c1-2-15-51-38(7-1)8-6-16-52(51)50-35-48(37-17-19-39(20-18-37)53-29-25-44-23-21-40-9-3-11-42-27-31-55(53)59(44)57(40)42)34-49(36-50)46-13-5-14-47(33-46)54-30-26-45-24-22-41-10-4-12-43-28-32-56(54)60(45)58(41)43/h1-36H/i1D,2D,6D,7D,8D,15D,16D. The first-order valence-electron chi connectivity index (χ1n) is 23.8. The number of fused-ring (bicyclic) bond motifs is 1. The Balaban J connectivity index is 1.01. The van der Waals surface area contributed by atoms with Crippen molar-refractivity contribution in [1.29, 1.82) is 0 Å². The van der Waals surface area contributed by atoms with Gasteiger partial charge < -0.3 is 0 Å². The van der Waals surface area contributed by atoms with E-state index in [0.717, 1.165) is 49.9 Å². The molecule has 0 heteroatoms. The molecule has 0 spiro atoms. The van der Waals surface area contributed by atoms with E-state index in [1.54, 1.807) is 0 Å². The van der Waals surface area contributed by atoms with Crippen molar-refractivity contribution in [2.45, 2.75) is 0 Å². The van der Waals surface area contributed by atoms with Crippen LogP contribution in [0, 0.1) is 0 Å². The first-order valence-corrected chi connectivity index (χ1v) is 20.3. The molecule has 0 bridgehead atoms. The SMILES string of the molecule is [2H]c1c([2H])c([2H])c2c(-c3cc(-c4ccc(-c5ccc6ccc7cccc8ccc5c6c78)cc4)cc(-c4cccc(-c5ccc6ccc7cccc8ccc5c6c78)c4)c3)c([2H])c([2H])c([2H])c2c1[2H]. The van der Waals surface area contributed by atoms with E-state index in [4.69, 9.17) is 8.22 Å². The summed E-state index contributed by atoms with van der Waals surface area (Å²) in [6, 6.07) is 59.5. The number of benzene rings is 13. The lowest BCUT2D eigenvalue weighted by Crippen LogP contribution is -1.90. The van der Waals surface area contributed by atoms with Gasteiger partial charge in [0, 0.05) is 0 Å². The van der Waals surface area contributed by atoms with E-state index in [2.05, 4.69) is 164 Å². The third-order valence-corrected chi connectivity index (χ3v) is 12.6. The highest BCUT2D eigenvalue weighted by molar-refractivity contribution is 6.26. The molecule has 0 aliphatic heterocycles. The van der Waals surface area contributed by atoms with Gasteiger partial charge in [-0.25, -0.2) is 0 Å². The van der Waals surface area contributed by atoms with Crippen LogP contribution in [-0.4, -0.2) is 0 Å². The predicted octanol–water partition coefficient (Wildman–Crippen LogP) is 17.0. The van der Waals surface area contributed by atoms with E-state index in [1.807, 2.05) is 12.1 Å². The highest BCUT2D eigenvalue weighted by atomic mass is 14.2. The summed E-state index contributed by atoms with van der Waals surface area (Å²) in [5.41, 5.74) is 8.54. The molecule has 0 fully saturated rings. The summed E-state index contributed by atoms with van der Waals surface area (Å²) < 4.78 is 62.1. The molecule has 0 unspecified atom stereocenters. The molecule has 276 valence electrons. The van der Waals surface area contributed by atoms with Gasteiger partial charge in [0.05, 0.1) is 9.60 Å². The summed E-state index contributed by atoms with van der Waals surface area (Å²) >= 11 is 0. The van der Waals surface area contributed by atoms with E-state index in [9.17, 15) is 1.37 Å². The van der Waals surface area contributed by atoms with Crippen molar-refractivity contribution in [2.24, 2.45) is 0 Å². The topological polar surface area (TPSA) is 0 Å². The highest BCUT2D eigenvalue weighted by Crippen LogP contribution is 2.43. The molecule has 0 nitrogen and oxygen atoms in total. The first kappa shape index (κ1) is 27.0. The Labute approximate surface area is 357 Å². The van der Waals surface area contributed by atoms with Gasteiger partial charge in [0.2, 0.25) is 0 Å². The van der Waals surface area contributed by atoms with E-state index in [1.165, 1.54) is 59.2 Å². The Morgan fingerprint density at radius 2 is 0.683 bits per heavy atom. The average molecular weight is 764 g/mol. The van der Waals surface area contributed by atoms with E-state index < -0.39 is 30.2 Å². The predicted molar refractivity (Wildman–Crippen MR) is 259 cm³/mol. The quantitative estimate of drug-likeness (QED) is 0.153. The molecule has 0 N–H and O–H groups in total. The monoisotopic (exact) mass is 763 g/mol.